The van der Waals surface area contributed by atoms with Crippen LogP contribution < -0.4 is 0 Å². The highest BCUT2D eigenvalue weighted by molar-refractivity contribution is 5.83. The van der Waals surface area contributed by atoms with E-state index in [-0.39, 0.29) is 19.0 Å². The number of rotatable bonds is 4. The van der Waals surface area contributed by atoms with Gasteiger partial charge < -0.3 is 10.0 Å². The Labute approximate surface area is 164 Å². The van der Waals surface area contributed by atoms with Crippen molar-refractivity contribution in [3.05, 3.63) is 48.0 Å². The molecule has 0 radical (unpaired) electrons. The quantitative estimate of drug-likeness (QED) is 0.725. The largest absolute Gasteiger partial charge is 0.388 e. The summed E-state index contributed by atoms with van der Waals surface area (Å²) in [6.07, 6.45) is 0.604. The summed E-state index contributed by atoms with van der Waals surface area (Å²) in [5.41, 5.74) is 0.452. The third-order valence-electron chi connectivity index (χ3n) is 5.15. The van der Waals surface area contributed by atoms with Crippen molar-refractivity contribution < 1.29 is 23.1 Å². The number of benzene rings is 1. The lowest BCUT2D eigenvalue weighted by molar-refractivity contribution is -0.131. The monoisotopic (exact) mass is 404 g/mol. The third kappa shape index (κ3) is 3.82. The Kier molecular flexibility index (Phi) is 4.77. The van der Waals surface area contributed by atoms with Gasteiger partial charge in [0.05, 0.1) is 22.9 Å². The van der Waals surface area contributed by atoms with Crippen LogP contribution in [0.25, 0.3) is 22.2 Å². The highest BCUT2D eigenvalue weighted by Crippen LogP contribution is 2.29. The van der Waals surface area contributed by atoms with E-state index in [0.717, 1.165) is 12.1 Å². The maximum Gasteiger partial charge on any atom is 0.266 e. The zero-order valence-electron chi connectivity index (χ0n) is 15.6. The van der Waals surface area contributed by atoms with Gasteiger partial charge >= 0.3 is 0 Å². The Bertz CT molecular complexity index is 1080. The SMILES string of the molecule is C[C@@]1(O)CCN(C(=O)Cn2ncc3ncc(-c4ccc(F)c(C(F)F)c4)cc32)C1. The molecule has 6 nitrogen and oxygen atoms in total. The van der Waals surface area contributed by atoms with Gasteiger partial charge in [0.2, 0.25) is 5.91 Å². The Balaban J connectivity index is 1.63. The predicted octanol–water partition coefficient (Wildman–Crippen LogP) is 3.16. The van der Waals surface area contributed by atoms with Crippen LogP contribution in [0.15, 0.2) is 36.7 Å². The van der Waals surface area contributed by atoms with Crippen LogP contribution in [0.5, 0.6) is 0 Å². The molecule has 29 heavy (non-hydrogen) atoms. The van der Waals surface area contributed by atoms with Gasteiger partial charge in [-0.1, -0.05) is 6.07 Å². The van der Waals surface area contributed by atoms with Crippen LogP contribution in [-0.2, 0) is 11.3 Å². The molecule has 0 saturated carbocycles. The molecule has 1 amide bonds. The number of carbonyl (C=O) groups is 1. The van der Waals surface area contributed by atoms with Gasteiger partial charge in [-0.25, -0.2) is 13.2 Å². The van der Waals surface area contributed by atoms with Crippen molar-refractivity contribution in [2.45, 2.75) is 31.9 Å². The second-order valence-electron chi connectivity index (χ2n) is 7.53. The first kappa shape index (κ1) is 19.4. The van der Waals surface area contributed by atoms with E-state index >= 15 is 0 Å². The number of fused-ring (bicyclic) bond motifs is 1. The number of likely N-dealkylation sites (tertiary alicyclic amines) is 1. The molecule has 1 aliphatic heterocycles. The molecule has 1 aromatic carbocycles. The molecule has 1 aliphatic rings. The molecular formula is C20H19F3N4O2. The summed E-state index contributed by atoms with van der Waals surface area (Å²) in [5.74, 6) is -1.14. The fraction of sp³-hybridized carbons (Fsp3) is 0.350. The molecule has 1 fully saturated rings. The van der Waals surface area contributed by atoms with Gasteiger partial charge in [0.15, 0.2) is 0 Å². The zero-order valence-corrected chi connectivity index (χ0v) is 15.6. The number of aromatic nitrogens is 3. The molecule has 0 bridgehead atoms. The van der Waals surface area contributed by atoms with Gasteiger partial charge in [-0.15, -0.1) is 0 Å². The molecule has 9 heteroatoms. The van der Waals surface area contributed by atoms with E-state index < -0.39 is 23.4 Å². The van der Waals surface area contributed by atoms with E-state index in [2.05, 4.69) is 10.1 Å². The number of aliphatic hydroxyl groups is 1. The van der Waals surface area contributed by atoms with Crippen molar-refractivity contribution >= 4 is 16.9 Å². The minimum atomic E-state index is -2.92. The van der Waals surface area contributed by atoms with Crippen LogP contribution in [0.3, 0.4) is 0 Å². The second-order valence-corrected chi connectivity index (χ2v) is 7.53. The molecule has 0 spiro atoms. The first-order valence-electron chi connectivity index (χ1n) is 9.13. The van der Waals surface area contributed by atoms with Crippen molar-refractivity contribution in [1.29, 1.82) is 0 Å². The molecule has 0 aliphatic carbocycles. The summed E-state index contributed by atoms with van der Waals surface area (Å²) in [5, 5.41) is 14.3. The molecular weight excluding hydrogens is 385 g/mol. The van der Waals surface area contributed by atoms with Gasteiger partial charge in [0.1, 0.15) is 17.9 Å². The zero-order chi connectivity index (χ0) is 20.8. The van der Waals surface area contributed by atoms with Gasteiger partial charge in [0, 0.05) is 24.8 Å². The first-order valence-corrected chi connectivity index (χ1v) is 9.13. The van der Waals surface area contributed by atoms with E-state index in [1.807, 2.05) is 0 Å². The first-order chi connectivity index (χ1) is 13.7. The van der Waals surface area contributed by atoms with Crippen LogP contribution in [0.2, 0.25) is 0 Å². The number of hydrogen-bond acceptors (Lipinski definition) is 4. The fourth-order valence-corrected chi connectivity index (χ4v) is 3.52. The van der Waals surface area contributed by atoms with E-state index in [1.54, 1.807) is 17.9 Å². The fourth-order valence-electron chi connectivity index (χ4n) is 3.52. The maximum absolute atomic E-state index is 13.6. The number of pyridine rings is 1. The molecule has 152 valence electrons. The summed E-state index contributed by atoms with van der Waals surface area (Å²) in [4.78, 5) is 18.4. The summed E-state index contributed by atoms with van der Waals surface area (Å²) in [7, 11) is 0. The second kappa shape index (κ2) is 7.14. The number of nitrogens with zero attached hydrogens (tertiary/aromatic N) is 4. The average molecular weight is 404 g/mol. The number of β-amino-alcohol motifs (C(OH)–C–C–N with tert-alkyl or cyclic N) is 1. The van der Waals surface area contributed by atoms with Crippen LogP contribution in [0, 0.1) is 5.82 Å². The predicted molar refractivity (Wildman–Crippen MR) is 99.7 cm³/mol. The lowest BCUT2D eigenvalue weighted by atomic mass is 10.0. The Morgan fingerprint density at radius 1 is 1.28 bits per heavy atom. The highest BCUT2D eigenvalue weighted by Gasteiger charge is 2.34. The van der Waals surface area contributed by atoms with E-state index in [1.165, 1.54) is 23.1 Å². The normalized spacial score (nSPS) is 19.4. The maximum atomic E-state index is 13.6. The molecule has 3 heterocycles. The van der Waals surface area contributed by atoms with Crippen molar-refractivity contribution in [3.8, 4) is 11.1 Å². The van der Waals surface area contributed by atoms with Crippen LogP contribution in [-0.4, -0.2) is 49.4 Å². The molecule has 3 aromatic rings. The van der Waals surface area contributed by atoms with Gasteiger partial charge in [0.25, 0.3) is 6.43 Å². The topological polar surface area (TPSA) is 71.2 Å². The summed E-state index contributed by atoms with van der Waals surface area (Å²) < 4.78 is 41.1. The van der Waals surface area contributed by atoms with Gasteiger partial charge in [-0.05, 0) is 37.1 Å². The minimum absolute atomic E-state index is 0.0313. The van der Waals surface area contributed by atoms with Crippen LogP contribution in [0.4, 0.5) is 13.2 Å². The Morgan fingerprint density at radius 3 is 2.76 bits per heavy atom. The lowest BCUT2D eigenvalue weighted by Gasteiger charge is -2.19. The van der Waals surface area contributed by atoms with Crippen molar-refractivity contribution in [3.63, 3.8) is 0 Å². The van der Waals surface area contributed by atoms with Crippen molar-refractivity contribution in [1.82, 2.24) is 19.7 Å². The third-order valence-corrected chi connectivity index (χ3v) is 5.15. The Morgan fingerprint density at radius 2 is 2.07 bits per heavy atom. The molecule has 1 atom stereocenters. The standard InChI is InChI=1S/C20H19F3N4O2/c1-20(29)4-5-26(11-20)18(28)10-27-17-7-13(8-24-16(17)9-25-27)12-2-3-15(21)14(6-12)19(22)23/h2-3,6-9,19,29H,4-5,10-11H2,1H3/t20-/m1/s1. The van der Waals surface area contributed by atoms with Crippen LogP contribution >= 0.6 is 0 Å². The average Bonchev–Trinajstić information content (AvgIpc) is 3.24. The number of hydrogen-bond donors (Lipinski definition) is 1. The minimum Gasteiger partial charge on any atom is -0.388 e. The molecule has 1 N–H and O–H groups in total. The summed E-state index contributed by atoms with van der Waals surface area (Å²) in [6.45, 7) is 2.40. The van der Waals surface area contributed by atoms with E-state index in [9.17, 15) is 23.1 Å². The highest BCUT2D eigenvalue weighted by atomic mass is 19.3. The molecule has 2 aromatic heterocycles. The van der Waals surface area contributed by atoms with E-state index in [0.29, 0.717) is 35.1 Å². The number of carbonyl (C=O) groups excluding carboxylic acids is 1. The molecule has 1 saturated heterocycles. The Hall–Kier alpha value is -2.94. The number of amides is 1. The molecule has 4 rings (SSSR count). The molecule has 0 unspecified atom stereocenters. The van der Waals surface area contributed by atoms with Gasteiger partial charge in [-0.2, -0.15) is 5.10 Å². The number of alkyl halides is 2. The summed E-state index contributed by atoms with van der Waals surface area (Å²) in [6, 6.07) is 5.19. The van der Waals surface area contributed by atoms with Gasteiger partial charge in [-0.3, -0.25) is 14.5 Å². The smallest absolute Gasteiger partial charge is 0.266 e. The van der Waals surface area contributed by atoms with Crippen molar-refractivity contribution in [2.24, 2.45) is 0 Å². The van der Waals surface area contributed by atoms with E-state index in [4.69, 9.17) is 0 Å². The summed E-state index contributed by atoms with van der Waals surface area (Å²) >= 11 is 0. The number of halogens is 3. The van der Waals surface area contributed by atoms with Crippen LogP contribution in [0.1, 0.15) is 25.3 Å². The van der Waals surface area contributed by atoms with Crippen molar-refractivity contribution in [2.75, 3.05) is 13.1 Å². The lowest BCUT2D eigenvalue weighted by Crippen LogP contribution is -2.36.